The molecule has 8 nitrogen and oxygen atoms in total. The van der Waals surface area contributed by atoms with E-state index in [1.807, 2.05) is 48.5 Å². The predicted octanol–water partition coefficient (Wildman–Crippen LogP) is 9.40. The van der Waals surface area contributed by atoms with Gasteiger partial charge in [-0.05, 0) is 76.3 Å². The summed E-state index contributed by atoms with van der Waals surface area (Å²) in [4.78, 5) is 24.2. The van der Waals surface area contributed by atoms with Crippen molar-refractivity contribution in [3.05, 3.63) is 45.0 Å². The van der Waals surface area contributed by atoms with E-state index in [2.05, 4.69) is 28.2 Å². The Balaban J connectivity index is 0.00000141. The van der Waals surface area contributed by atoms with Crippen LogP contribution in [0.25, 0.3) is 33.1 Å². The number of nitrogens with zero attached hydrogens (tertiary/aromatic N) is 4. The van der Waals surface area contributed by atoms with Crippen molar-refractivity contribution in [1.82, 2.24) is 9.88 Å². The molecule has 1 aromatic carbocycles. The summed E-state index contributed by atoms with van der Waals surface area (Å²) in [6, 6.07) is 2.09. The zero-order valence-electron chi connectivity index (χ0n) is 32.1. The van der Waals surface area contributed by atoms with E-state index in [9.17, 15) is 10.1 Å². The number of carbonyl (C=O) groups excluding carboxylic acids is 1. The lowest BCUT2D eigenvalue weighted by atomic mass is 9.92. The van der Waals surface area contributed by atoms with Crippen molar-refractivity contribution < 1.29 is 23.0 Å². The number of hydrogen-bond donors (Lipinski definition) is 1. The number of amidine groups is 1. The van der Waals surface area contributed by atoms with Gasteiger partial charge in [0.15, 0.2) is 5.82 Å². The molecule has 0 radical (unpaired) electrons. The van der Waals surface area contributed by atoms with E-state index in [4.69, 9.17) is 14.5 Å². The average Bonchev–Trinajstić information content (AvgIpc) is 3.44. The molecule has 11 heteroatoms. The molecule has 1 N–H and O–H groups in total. The highest BCUT2D eigenvalue weighted by molar-refractivity contribution is 7.23. The third-order valence-corrected chi connectivity index (χ3v) is 10.8. The van der Waals surface area contributed by atoms with E-state index in [0.717, 1.165) is 53.5 Å². The third-order valence-electron chi connectivity index (χ3n) is 9.67. The van der Waals surface area contributed by atoms with Crippen molar-refractivity contribution in [1.29, 1.82) is 5.26 Å². The van der Waals surface area contributed by atoms with E-state index in [-0.39, 0.29) is 45.1 Å². The first kappa shape index (κ1) is 39.9. The molecule has 2 atom stereocenters. The minimum atomic E-state index is -0.785. The highest BCUT2D eigenvalue weighted by Crippen LogP contribution is 2.60. The summed E-state index contributed by atoms with van der Waals surface area (Å²) in [7, 11) is 0. The standard InChI is InChI=1S/C36H41F2N5O3S.2C2H6/c1-8-10-36-11-21(36)15-43(18-36)20(4)40-13-23-24-16-45-17-25(24)28(30(38)27(23)19(3)9-2)31-29-22(12-39)33(42-34(44)46-35(5,6)7)47-32(29)26(37)14-41-31;2*1-2/h13-14,21H,8-11,15-18H2,1-7H3,(H,42,44);2*1-2H3/b23-13-,27-19?,40-20?;;/t21?,36-;;/m1../s1. The zero-order chi connectivity index (χ0) is 37.8. The first-order chi connectivity index (χ1) is 24.3. The summed E-state index contributed by atoms with van der Waals surface area (Å²) >= 11 is 0.888. The molecule has 2 fully saturated rings. The number of thiophene rings is 1. The fraction of sp³-hybridized carbons (Fsp3) is 0.550. The van der Waals surface area contributed by atoms with E-state index in [1.54, 1.807) is 27.0 Å². The molecule has 0 spiro atoms. The number of halogens is 2. The smallest absolute Gasteiger partial charge is 0.412 e. The van der Waals surface area contributed by atoms with Crippen LogP contribution in [0.4, 0.5) is 18.6 Å². The first-order valence-corrected chi connectivity index (χ1v) is 19.1. The van der Waals surface area contributed by atoms with Gasteiger partial charge in [-0.25, -0.2) is 18.6 Å². The maximum Gasteiger partial charge on any atom is 0.412 e. The quantitative estimate of drug-likeness (QED) is 0.201. The van der Waals surface area contributed by atoms with Gasteiger partial charge in [-0.3, -0.25) is 10.3 Å². The van der Waals surface area contributed by atoms with E-state index in [0.29, 0.717) is 27.8 Å². The van der Waals surface area contributed by atoms with Gasteiger partial charge in [-0.2, -0.15) is 5.26 Å². The Morgan fingerprint density at radius 1 is 1.22 bits per heavy atom. The summed E-state index contributed by atoms with van der Waals surface area (Å²) < 4.78 is 43.8. The Bertz CT molecular complexity index is 1990. The molecule has 51 heavy (non-hydrogen) atoms. The van der Waals surface area contributed by atoms with Gasteiger partial charge in [-0.1, -0.05) is 53.5 Å². The average molecular weight is 722 g/mol. The summed E-state index contributed by atoms with van der Waals surface area (Å²) in [5.74, 6) is 0.439. The van der Waals surface area contributed by atoms with Gasteiger partial charge in [0.1, 0.15) is 28.3 Å². The van der Waals surface area contributed by atoms with Crippen LogP contribution < -0.4 is 15.8 Å². The van der Waals surface area contributed by atoms with Crippen LogP contribution in [0.2, 0.25) is 0 Å². The van der Waals surface area contributed by atoms with Crippen LogP contribution in [-0.2, 0) is 22.7 Å². The Kier molecular flexibility index (Phi) is 12.7. The molecule has 1 saturated carbocycles. The largest absolute Gasteiger partial charge is 0.444 e. The number of pyridine rings is 1. The second kappa shape index (κ2) is 16.2. The SMILES string of the molecule is CC.CC.CCC[C@]12CC1CN(C(C)=N/C=c1/c3c(c(-c4ncc(F)c5sc(NC(=O)OC(C)(C)C)c(C#N)c45)c(F)c1=C(C)CC)COC3)C2. The van der Waals surface area contributed by atoms with Crippen LogP contribution >= 0.6 is 11.3 Å². The number of piperidine rings is 1. The number of fused-ring (bicyclic) bond motifs is 3. The summed E-state index contributed by atoms with van der Waals surface area (Å²) in [6.45, 7) is 23.7. The highest BCUT2D eigenvalue weighted by atomic mass is 32.1. The number of likely N-dealkylation sites (tertiary alicyclic amines) is 1. The molecule has 4 heterocycles. The number of aliphatic imine (C=N–C) groups is 1. The maximum absolute atomic E-state index is 17.1. The van der Waals surface area contributed by atoms with Gasteiger partial charge in [0, 0.05) is 40.7 Å². The molecule has 1 aliphatic carbocycles. The summed E-state index contributed by atoms with van der Waals surface area (Å²) in [5.41, 5.74) is 2.13. The molecule has 2 aromatic heterocycles. The van der Waals surface area contributed by atoms with Crippen LogP contribution in [0.1, 0.15) is 119 Å². The monoisotopic (exact) mass is 721 g/mol. The molecule has 2 aliphatic heterocycles. The fourth-order valence-corrected chi connectivity index (χ4v) is 8.26. The molecule has 3 aliphatic rings. The van der Waals surface area contributed by atoms with Crippen LogP contribution in [0.15, 0.2) is 11.2 Å². The van der Waals surface area contributed by atoms with E-state index >= 15 is 8.78 Å². The second-order valence-corrected chi connectivity index (χ2v) is 15.0. The lowest BCUT2D eigenvalue weighted by Crippen LogP contribution is -2.35. The van der Waals surface area contributed by atoms with Crippen LogP contribution in [0, 0.1) is 34.3 Å². The van der Waals surface area contributed by atoms with Crippen molar-refractivity contribution in [2.45, 2.75) is 121 Å². The number of benzene rings is 1. The predicted molar refractivity (Wildman–Crippen MR) is 204 cm³/mol. The number of rotatable bonds is 6. The topological polar surface area (TPSA) is 99.8 Å². The van der Waals surface area contributed by atoms with Crippen molar-refractivity contribution in [3.8, 4) is 17.3 Å². The van der Waals surface area contributed by atoms with Crippen molar-refractivity contribution in [2.75, 3.05) is 18.4 Å². The molecule has 1 amide bonds. The first-order valence-electron chi connectivity index (χ1n) is 18.2. The number of carbonyl (C=O) groups is 1. The number of amides is 1. The van der Waals surface area contributed by atoms with Gasteiger partial charge < -0.3 is 14.4 Å². The number of nitrogens with one attached hydrogen (secondary N) is 1. The lowest BCUT2D eigenvalue weighted by molar-refractivity contribution is 0.0636. The molecular weight excluding hydrogens is 669 g/mol. The normalized spacial score (nSPS) is 20.1. The minimum absolute atomic E-state index is 0.0111. The van der Waals surface area contributed by atoms with E-state index < -0.39 is 23.3 Å². The van der Waals surface area contributed by atoms with Gasteiger partial charge in [0.25, 0.3) is 0 Å². The van der Waals surface area contributed by atoms with Crippen molar-refractivity contribution >= 4 is 50.1 Å². The van der Waals surface area contributed by atoms with Crippen LogP contribution in [0.5, 0.6) is 0 Å². The zero-order valence-corrected chi connectivity index (χ0v) is 32.9. The molecule has 1 unspecified atom stereocenters. The molecule has 6 rings (SSSR count). The minimum Gasteiger partial charge on any atom is -0.444 e. The number of anilines is 1. The Labute approximate surface area is 305 Å². The summed E-state index contributed by atoms with van der Waals surface area (Å²) in [6.07, 6.45) is 6.31. The Morgan fingerprint density at radius 2 is 1.90 bits per heavy atom. The Hall–Kier alpha value is -3.88. The molecule has 276 valence electrons. The van der Waals surface area contributed by atoms with Crippen molar-refractivity contribution in [2.24, 2.45) is 16.3 Å². The number of aromatic nitrogens is 1. The second-order valence-electron chi connectivity index (χ2n) is 14.0. The Morgan fingerprint density at radius 3 is 2.53 bits per heavy atom. The fourth-order valence-electron chi connectivity index (χ4n) is 7.22. The summed E-state index contributed by atoms with van der Waals surface area (Å²) in [5, 5.41) is 14.1. The van der Waals surface area contributed by atoms with Gasteiger partial charge in [0.2, 0.25) is 0 Å². The molecular formula is C40H53F2N5O3S. The van der Waals surface area contributed by atoms with Gasteiger partial charge >= 0.3 is 6.09 Å². The van der Waals surface area contributed by atoms with Gasteiger partial charge in [0.05, 0.1) is 35.4 Å². The van der Waals surface area contributed by atoms with Crippen LogP contribution in [-0.4, -0.2) is 40.5 Å². The highest BCUT2D eigenvalue weighted by Gasteiger charge is 2.58. The lowest BCUT2D eigenvalue weighted by Gasteiger charge is -2.22. The molecule has 1 saturated heterocycles. The maximum atomic E-state index is 17.1. The number of hydrogen-bond acceptors (Lipinski definition) is 7. The number of ether oxygens (including phenoxy) is 2. The third kappa shape index (κ3) is 7.82. The molecule has 3 aromatic rings. The van der Waals surface area contributed by atoms with Crippen LogP contribution in [0.3, 0.4) is 0 Å². The molecule has 0 bridgehead atoms. The van der Waals surface area contributed by atoms with Gasteiger partial charge in [-0.15, -0.1) is 11.3 Å². The van der Waals surface area contributed by atoms with Crippen molar-refractivity contribution in [3.63, 3.8) is 0 Å². The van der Waals surface area contributed by atoms with E-state index in [1.165, 1.54) is 19.3 Å². The number of nitriles is 1.